The maximum absolute atomic E-state index is 11.9. The van der Waals surface area contributed by atoms with Gasteiger partial charge in [-0.25, -0.2) is 0 Å². The van der Waals surface area contributed by atoms with Crippen LogP contribution in [-0.2, 0) is 11.3 Å². The Hall–Kier alpha value is -2.12. The highest BCUT2D eigenvalue weighted by atomic mass is 16.2. The van der Waals surface area contributed by atoms with Gasteiger partial charge >= 0.3 is 0 Å². The number of anilines is 1. The van der Waals surface area contributed by atoms with E-state index < -0.39 is 0 Å². The second kappa shape index (κ2) is 10.6. The molecule has 7 heteroatoms. The van der Waals surface area contributed by atoms with Crippen LogP contribution in [-0.4, -0.2) is 80.6 Å². The van der Waals surface area contributed by atoms with Gasteiger partial charge in [-0.3, -0.25) is 14.7 Å². The van der Waals surface area contributed by atoms with Gasteiger partial charge in [0.1, 0.15) is 0 Å². The molecule has 0 aliphatic carbocycles. The molecule has 3 rings (SSSR count). The molecule has 2 N–H and O–H groups in total. The summed E-state index contributed by atoms with van der Waals surface area (Å²) in [5, 5.41) is 6.84. The molecule has 7 nitrogen and oxygen atoms in total. The van der Waals surface area contributed by atoms with Crippen molar-refractivity contribution >= 4 is 17.6 Å². The molecule has 160 valence electrons. The van der Waals surface area contributed by atoms with Crippen LogP contribution >= 0.6 is 0 Å². The summed E-state index contributed by atoms with van der Waals surface area (Å²) in [6.45, 7) is 12.7. The average Bonchev–Trinajstić information content (AvgIpc) is 3.20. The molecular formula is C22H36N6O. The van der Waals surface area contributed by atoms with Gasteiger partial charge in [-0.1, -0.05) is 19.1 Å². The zero-order valence-electron chi connectivity index (χ0n) is 18.2. The number of nitrogens with zero attached hydrogens (tertiary/aromatic N) is 4. The number of carbonyl (C=O) groups is 1. The molecule has 0 bridgehead atoms. The van der Waals surface area contributed by atoms with E-state index in [4.69, 9.17) is 0 Å². The number of piperazine rings is 1. The molecule has 0 radical (unpaired) electrons. The number of likely N-dealkylation sites (N-methyl/N-ethyl adjacent to an activating group) is 1. The first-order valence-corrected chi connectivity index (χ1v) is 10.9. The van der Waals surface area contributed by atoms with E-state index in [1.807, 2.05) is 24.1 Å². The van der Waals surface area contributed by atoms with Crippen LogP contribution in [0.15, 0.2) is 29.3 Å². The predicted octanol–water partition coefficient (Wildman–Crippen LogP) is 1.50. The Labute approximate surface area is 175 Å². The molecule has 0 aromatic heterocycles. The predicted molar refractivity (Wildman–Crippen MR) is 119 cm³/mol. The first-order chi connectivity index (χ1) is 14.1. The SMILES string of the molecule is CCN1CCN(C(C)CNC(=NC)NCc2ccc(N3CCCC3=O)cc2)CC1. The van der Waals surface area contributed by atoms with Gasteiger partial charge in [-0.2, -0.15) is 0 Å². The number of hydrogen-bond acceptors (Lipinski definition) is 4. The topological polar surface area (TPSA) is 63.2 Å². The zero-order valence-corrected chi connectivity index (χ0v) is 18.2. The van der Waals surface area contributed by atoms with Crippen molar-refractivity contribution in [3.63, 3.8) is 0 Å². The summed E-state index contributed by atoms with van der Waals surface area (Å²) >= 11 is 0. The van der Waals surface area contributed by atoms with Crippen LogP contribution in [0, 0.1) is 0 Å². The van der Waals surface area contributed by atoms with Crippen molar-refractivity contribution in [3.05, 3.63) is 29.8 Å². The first kappa shape index (κ1) is 21.6. The Morgan fingerprint density at radius 1 is 1.10 bits per heavy atom. The quantitative estimate of drug-likeness (QED) is 0.537. The molecule has 2 aliphatic heterocycles. The fourth-order valence-electron chi connectivity index (χ4n) is 4.02. The monoisotopic (exact) mass is 400 g/mol. The molecule has 2 fully saturated rings. The van der Waals surface area contributed by atoms with Crippen molar-refractivity contribution in [1.82, 2.24) is 20.4 Å². The van der Waals surface area contributed by atoms with Crippen LogP contribution in [0.2, 0.25) is 0 Å². The minimum absolute atomic E-state index is 0.228. The minimum Gasteiger partial charge on any atom is -0.355 e. The van der Waals surface area contributed by atoms with Gasteiger partial charge in [0.25, 0.3) is 0 Å². The molecule has 0 spiro atoms. The fourth-order valence-corrected chi connectivity index (χ4v) is 4.02. The molecule has 2 aliphatic rings. The van der Waals surface area contributed by atoms with Crippen LogP contribution < -0.4 is 15.5 Å². The average molecular weight is 401 g/mol. The van der Waals surface area contributed by atoms with Crippen molar-refractivity contribution in [1.29, 1.82) is 0 Å². The summed E-state index contributed by atoms with van der Waals surface area (Å²) in [5.74, 6) is 1.05. The maximum Gasteiger partial charge on any atom is 0.227 e. The number of rotatable bonds is 7. The number of carbonyl (C=O) groups excluding carboxylic acids is 1. The number of guanidine groups is 1. The summed E-state index contributed by atoms with van der Waals surface area (Å²) in [4.78, 5) is 23.1. The van der Waals surface area contributed by atoms with Gasteiger partial charge in [0.2, 0.25) is 5.91 Å². The number of amides is 1. The van der Waals surface area contributed by atoms with E-state index in [1.54, 1.807) is 0 Å². The summed E-state index contributed by atoms with van der Waals surface area (Å²) in [5.41, 5.74) is 2.17. The van der Waals surface area contributed by atoms with E-state index in [0.717, 1.165) is 63.9 Å². The molecule has 1 atom stereocenters. The van der Waals surface area contributed by atoms with Crippen LogP contribution in [0.3, 0.4) is 0 Å². The summed E-state index contributed by atoms with van der Waals surface area (Å²) in [7, 11) is 1.81. The van der Waals surface area contributed by atoms with Crippen molar-refractivity contribution in [3.8, 4) is 0 Å². The van der Waals surface area contributed by atoms with E-state index in [0.29, 0.717) is 19.0 Å². The molecule has 1 amide bonds. The zero-order chi connectivity index (χ0) is 20.6. The van der Waals surface area contributed by atoms with Gasteiger partial charge < -0.3 is 20.4 Å². The van der Waals surface area contributed by atoms with Crippen LogP contribution in [0.25, 0.3) is 0 Å². The van der Waals surface area contributed by atoms with E-state index in [1.165, 1.54) is 5.56 Å². The lowest BCUT2D eigenvalue weighted by atomic mass is 10.2. The molecule has 2 heterocycles. The van der Waals surface area contributed by atoms with Crippen molar-refractivity contribution in [2.24, 2.45) is 4.99 Å². The Bertz CT molecular complexity index is 681. The summed E-state index contributed by atoms with van der Waals surface area (Å²) < 4.78 is 0. The highest BCUT2D eigenvalue weighted by Gasteiger charge is 2.22. The van der Waals surface area contributed by atoms with Crippen LogP contribution in [0.1, 0.15) is 32.3 Å². The molecule has 29 heavy (non-hydrogen) atoms. The molecule has 0 saturated carbocycles. The van der Waals surface area contributed by atoms with Gasteiger partial charge in [-0.05, 0) is 37.6 Å². The van der Waals surface area contributed by atoms with Crippen molar-refractivity contribution in [2.45, 2.75) is 39.3 Å². The number of hydrogen-bond donors (Lipinski definition) is 2. The van der Waals surface area contributed by atoms with Gasteiger partial charge in [0.15, 0.2) is 5.96 Å². The number of nitrogens with one attached hydrogen (secondary N) is 2. The van der Waals surface area contributed by atoms with Gasteiger partial charge in [0, 0.05) is 71.0 Å². The van der Waals surface area contributed by atoms with Crippen LogP contribution in [0.5, 0.6) is 0 Å². The third-order valence-corrected chi connectivity index (χ3v) is 6.05. The Morgan fingerprint density at radius 2 is 1.83 bits per heavy atom. The van der Waals surface area contributed by atoms with E-state index in [2.05, 4.69) is 51.4 Å². The van der Waals surface area contributed by atoms with Crippen molar-refractivity contribution in [2.75, 3.05) is 57.8 Å². The highest BCUT2D eigenvalue weighted by molar-refractivity contribution is 5.95. The van der Waals surface area contributed by atoms with Crippen LogP contribution in [0.4, 0.5) is 5.69 Å². The lowest BCUT2D eigenvalue weighted by Crippen LogP contribution is -2.53. The minimum atomic E-state index is 0.228. The Morgan fingerprint density at radius 3 is 2.41 bits per heavy atom. The second-order valence-electron chi connectivity index (χ2n) is 7.94. The molecule has 1 aromatic carbocycles. The largest absolute Gasteiger partial charge is 0.355 e. The summed E-state index contributed by atoms with van der Waals surface area (Å²) in [6.07, 6.45) is 1.62. The van der Waals surface area contributed by atoms with E-state index in [9.17, 15) is 4.79 Å². The number of aliphatic imine (C=N–C) groups is 1. The van der Waals surface area contributed by atoms with Crippen molar-refractivity contribution < 1.29 is 4.79 Å². The molecule has 1 aromatic rings. The molecular weight excluding hydrogens is 364 g/mol. The van der Waals surface area contributed by atoms with Gasteiger partial charge in [0.05, 0.1) is 0 Å². The van der Waals surface area contributed by atoms with Gasteiger partial charge in [-0.15, -0.1) is 0 Å². The third kappa shape index (κ3) is 5.93. The smallest absolute Gasteiger partial charge is 0.227 e. The van der Waals surface area contributed by atoms with E-state index in [-0.39, 0.29) is 5.91 Å². The number of benzene rings is 1. The Balaban J connectivity index is 1.41. The lowest BCUT2D eigenvalue weighted by Gasteiger charge is -2.37. The van der Waals surface area contributed by atoms with E-state index >= 15 is 0 Å². The third-order valence-electron chi connectivity index (χ3n) is 6.05. The molecule has 1 unspecified atom stereocenters. The first-order valence-electron chi connectivity index (χ1n) is 10.9. The maximum atomic E-state index is 11.9. The second-order valence-corrected chi connectivity index (χ2v) is 7.94. The summed E-state index contributed by atoms with van der Waals surface area (Å²) in [6, 6.07) is 8.71. The highest BCUT2D eigenvalue weighted by Crippen LogP contribution is 2.21. The lowest BCUT2D eigenvalue weighted by molar-refractivity contribution is -0.117. The standard InChI is InChI=1S/C22H36N6O/c1-4-26-12-14-27(15-13-26)18(2)16-24-22(23-3)25-17-19-7-9-20(10-8-19)28-11-5-6-21(28)29/h7-10,18H,4-6,11-17H2,1-3H3,(H2,23,24,25). The normalized spacial score (nSPS) is 20.2. The fraction of sp³-hybridized carbons (Fsp3) is 0.636. The Kier molecular flexibility index (Phi) is 7.89. The molecule has 2 saturated heterocycles.